The van der Waals surface area contributed by atoms with Crippen LogP contribution in [-0.2, 0) is 21.9 Å². The van der Waals surface area contributed by atoms with Gasteiger partial charge in [-0.15, -0.1) is 5.10 Å². The lowest BCUT2D eigenvalue weighted by Gasteiger charge is -2.23. The van der Waals surface area contributed by atoms with E-state index in [1.807, 2.05) is 20.8 Å². The predicted octanol–water partition coefficient (Wildman–Crippen LogP) is -0.295. The van der Waals surface area contributed by atoms with E-state index in [-0.39, 0.29) is 11.5 Å². The Morgan fingerprint density at radius 1 is 1.50 bits per heavy atom. The molecule has 8 heteroatoms. The Morgan fingerprint density at radius 2 is 2.22 bits per heavy atom. The van der Waals surface area contributed by atoms with E-state index >= 15 is 0 Å². The van der Waals surface area contributed by atoms with Crippen LogP contribution < -0.4 is 5.32 Å². The van der Waals surface area contributed by atoms with Crippen molar-refractivity contribution in [2.24, 2.45) is 0 Å². The maximum Gasteiger partial charge on any atom is 0.165 e. The van der Waals surface area contributed by atoms with Crippen LogP contribution in [-0.4, -0.2) is 46.2 Å². The van der Waals surface area contributed by atoms with Crippen LogP contribution in [0.4, 0.5) is 0 Å². The summed E-state index contributed by atoms with van der Waals surface area (Å²) in [5.41, 5.74) is -0.518. The van der Waals surface area contributed by atoms with Gasteiger partial charge in [0.2, 0.25) is 0 Å². The molecule has 1 aliphatic rings. The second kappa shape index (κ2) is 4.58. The molecule has 1 aromatic heterocycles. The van der Waals surface area contributed by atoms with E-state index in [1.165, 1.54) is 0 Å². The molecule has 7 nitrogen and oxygen atoms in total. The summed E-state index contributed by atoms with van der Waals surface area (Å²) in [5, 5.41) is 14.8. The predicted molar refractivity (Wildman–Crippen MR) is 66.7 cm³/mol. The number of hydrogen-bond acceptors (Lipinski definition) is 6. The highest BCUT2D eigenvalue weighted by Gasteiger charge is 2.42. The van der Waals surface area contributed by atoms with Gasteiger partial charge in [0.05, 0.1) is 23.6 Å². The lowest BCUT2D eigenvalue weighted by atomic mass is 10.0. The lowest BCUT2D eigenvalue weighted by Crippen LogP contribution is -2.36. The summed E-state index contributed by atoms with van der Waals surface area (Å²) < 4.78 is 24.9. The van der Waals surface area contributed by atoms with Gasteiger partial charge < -0.3 is 5.32 Å². The fourth-order valence-electron chi connectivity index (χ4n) is 2.19. The topological polar surface area (TPSA) is 89.8 Å². The molecular formula is C10H19N5O2S. The van der Waals surface area contributed by atoms with Crippen molar-refractivity contribution in [3.63, 3.8) is 0 Å². The standard InChI is InChI=1S/C10H19N5O2S/c1-8(2)11-6-9-12-13-14-15(9)10(3)4-5-18(16,17)7-10/h8,11H,4-7H2,1-3H3. The van der Waals surface area contributed by atoms with Gasteiger partial charge in [-0.2, -0.15) is 0 Å². The summed E-state index contributed by atoms with van der Waals surface area (Å²) in [7, 11) is -2.96. The van der Waals surface area contributed by atoms with E-state index in [9.17, 15) is 8.42 Å². The molecule has 1 N–H and O–H groups in total. The van der Waals surface area contributed by atoms with Crippen LogP contribution in [0.2, 0.25) is 0 Å². The monoisotopic (exact) mass is 273 g/mol. The molecule has 2 rings (SSSR count). The van der Waals surface area contributed by atoms with Gasteiger partial charge in [-0.1, -0.05) is 13.8 Å². The number of hydrogen-bond donors (Lipinski definition) is 1. The van der Waals surface area contributed by atoms with Crippen LogP contribution in [0, 0.1) is 0 Å². The highest BCUT2D eigenvalue weighted by molar-refractivity contribution is 7.91. The minimum atomic E-state index is -2.96. The molecule has 0 saturated carbocycles. The van der Waals surface area contributed by atoms with Crippen molar-refractivity contribution in [3.8, 4) is 0 Å². The Kier molecular flexibility index (Phi) is 3.41. The second-order valence-electron chi connectivity index (χ2n) is 5.38. The quantitative estimate of drug-likeness (QED) is 0.810. The van der Waals surface area contributed by atoms with Gasteiger partial charge in [-0.25, -0.2) is 13.1 Å². The van der Waals surface area contributed by atoms with Crippen molar-refractivity contribution in [1.29, 1.82) is 0 Å². The van der Waals surface area contributed by atoms with E-state index in [4.69, 9.17) is 0 Å². The van der Waals surface area contributed by atoms with Gasteiger partial charge >= 0.3 is 0 Å². The molecule has 2 heterocycles. The Morgan fingerprint density at radius 3 is 2.78 bits per heavy atom. The van der Waals surface area contributed by atoms with E-state index in [1.54, 1.807) is 4.68 Å². The third kappa shape index (κ3) is 2.69. The van der Waals surface area contributed by atoms with Crippen LogP contribution in [0.5, 0.6) is 0 Å². The maximum absolute atomic E-state index is 11.6. The zero-order chi connectivity index (χ0) is 13.4. The first-order valence-electron chi connectivity index (χ1n) is 6.04. The van der Waals surface area contributed by atoms with Crippen LogP contribution in [0.3, 0.4) is 0 Å². The first-order valence-corrected chi connectivity index (χ1v) is 7.86. The molecule has 0 amide bonds. The van der Waals surface area contributed by atoms with Crippen molar-refractivity contribution in [2.45, 2.75) is 45.3 Å². The third-order valence-corrected chi connectivity index (χ3v) is 5.08. The van der Waals surface area contributed by atoms with Gasteiger partial charge in [0.15, 0.2) is 15.7 Å². The average Bonchev–Trinajstić information content (AvgIpc) is 2.81. The second-order valence-corrected chi connectivity index (χ2v) is 7.57. The molecule has 0 spiro atoms. The van der Waals surface area contributed by atoms with Crippen molar-refractivity contribution in [3.05, 3.63) is 5.82 Å². The number of aromatic nitrogens is 4. The lowest BCUT2D eigenvalue weighted by molar-refractivity contribution is 0.306. The summed E-state index contributed by atoms with van der Waals surface area (Å²) in [4.78, 5) is 0. The largest absolute Gasteiger partial charge is 0.308 e. The fraction of sp³-hybridized carbons (Fsp3) is 0.900. The molecule has 1 saturated heterocycles. The summed E-state index contributed by atoms with van der Waals surface area (Å²) in [6.45, 7) is 6.51. The molecule has 0 aliphatic carbocycles. The Labute approximate surface area is 107 Å². The first kappa shape index (κ1) is 13.4. The van der Waals surface area contributed by atoms with E-state index in [0.717, 1.165) is 0 Å². The Bertz CT molecular complexity index is 524. The molecule has 1 fully saturated rings. The summed E-state index contributed by atoms with van der Waals surface area (Å²) in [5.74, 6) is 1.00. The Balaban J connectivity index is 2.21. The SMILES string of the molecule is CC(C)NCc1nnnn1C1(C)CCS(=O)(=O)C1. The van der Waals surface area contributed by atoms with E-state index in [2.05, 4.69) is 20.8 Å². The van der Waals surface area contributed by atoms with Gasteiger partial charge in [-0.3, -0.25) is 0 Å². The van der Waals surface area contributed by atoms with E-state index in [0.29, 0.717) is 24.8 Å². The summed E-state index contributed by atoms with van der Waals surface area (Å²) in [6.07, 6.45) is 0.565. The molecule has 1 unspecified atom stereocenters. The number of nitrogens with one attached hydrogen (secondary N) is 1. The van der Waals surface area contributed by atoms with Gasteiger partial charge in [0.25, 0.3) is 0 Å². The number of sulfone groups is 1. The molecule has 1 aromatic rings. The number of rotatable bonds is 4. The molecular weight excluding hydrogens is 254 g/mol. The van der Waals surface area contributed by atoms with Crippen molar-refractivity contribution in [2.75, 3.05) is 11.5 Å². The highest BCUT2D eigenvalue weighted by atomic mass is 32.2. The highest BCUT2D eigenvalue weighted by Crippen LogP contribution is 2.30. The van der Waals surface area contributed by atoms with Gasteiger partial charge in [-0.05, 0) is 23.8 Å². The van der Waals surface area contributed by atoms with E-state index < -0.39 is 15.4 Å². The van der Waals surface area contributed by atoms with Crippen LogP contribution in [0.15, 0.2) is 0 Å². The summed E-state index contributed by atoms with van der Waals surface area (Å²) >= 11 is 0. The minimum Gasteiger partial charge on any atom is -0.308 e. The van der Waals surface area contributed by atoms with Crippen molar-refractivity contribution in [1.82, 2.24) is 25.5 Å². The summed E-state index contributed by atoms with van der Waals surface area (Å²) in [6, 6.07) is 0.329. The normalized spacial score (nSPS) is 26.9. The van der Waals surface area contributed by atoms with Crippen LogP contribution in [0.1, 0.15) is 33.0 Å². The molecule has 102 valence electrons. The van der Waals surface area contributed by atoms with Gasteiger partial charge in [0.1, 0.15) is 0 Å². The number of nitrogens with zero attached hydrogens (tertiary/aromatic N) is 4. The van der Waals surface area contributed by atoms with Crippen molar-refractivity contribution < 1.29 is 8.42 Å². The molecule has 0 bridgehead atoms. The zero-order valence-electron chi connectivity index (χ0n) is 10.9. The zero-order valence-corrected chi connectivity index (χ0v) is 11.7. The molecule has 0 radical (unpaired) electrons. The molecule has 0 aromatic carbocycles. The van der Waals surface area contributed by atoms with Crippen LogP contribution in [0.25, 0.3) is 0 Å². The third-order valence-electron chi connectivity index (χ3n) is 3.20. The van der Waals surface area contributed by atoms with Crippen LogP contribution >= 0.6 is 0 Å². The number of tetrazole rings is 1. The first-order chi connectivity index (χ1) is 8.32. The van der Waals surface area contributed by atoms with Crippen molar-refractivity contribution >= 4 is 9.84 Å². The average molecular weight is 273 g/mol. The molecule has 1 aliphatic heterocycles. The smallest absolute Gasteiger partial charge is 0.165 e. The molecule has 18 heavy (non-hydrogen) atoms. The maximum atomic E-state index is 11.6. The Hall–Kier alpha value is -1.02. The van der Waals surface area contributed by atoms with Gasteiger partial charge in [0, 0.05) is 6.04 Å². The minimum absolute atomic E-state index is 0.111. The molecule has 1 atom stereocenters. The fourth-order valence-corrected chi connectivity index (χ4v) is 4.30.